The molecule has 88 valence electrons. The predicted molar refractivity (Wildman–Crippen MR) is 57.2 cm³/mol. The maximum absolute atomic E-state index is 11.1. The molecule has 0 aliphatic carbocycles. The Morgan fingerprint density at radius 2 is 1.88 bits per heavy atom. The van der Waals surface area contributed by atoms with Crippen molar-refractivity contribution in [1.82, 2.24) is 0 Å². The molecule has 16 heavy (non-hydrogen) atoms. The van der Waals surface area contributed by atoms with Crippen LogP contribution in [-0.4, -0.2) is 33.4 Å². The van der Waals surface area contributed by atoms with Crippen LogP contribution < -0.4 is 5.73 Å². The van der Waals surface area contributed by atoms with Crippen molar-refractivity contribution in [3.8, 4) is 0 Å². The molecule has 1 aliphatic heterocycles. The number of hydrogen-bond acceptors (Lipinski definition) is 4. The first-order valence-electron chi connectivity index (χ1n) is 4.71. The van der Waals surface area contributed by atoms with Crippen molar-refractivity contribution < 1.29 is 19.8 Å². The molecule has 1 unspecified atom stereocenters. The molecule has 0 radical (unpaired) electrons. The van der Waals surface area contributed by atoms with E-state index in [2.05, 4.69) is 4.99 Å². The van der Waals surface area contributed by atoms with E-state index in [0.717, 1.165) is 0 Å². The third kappa shape index (κ3) is 1.78. The van der Waals surface area contributed by atoms with Gasteiger partial charge in [0.15, 0.2) is 0 Å². The lowest BCUT2D eigenvalue weighted by Crippen LogP contribution is -2.44. The van der Waals surface area contributed by atoms with Gasteiger partial charge in [-0.3, -0.25) is 9.79 Å². The number of dihydropyridines is 1. The van der Waals surface area contributed by atoms with Gasteiger partial charge in [0.05, 0.1) is 11.1 Å². The van der Waals surface area contributed by atoms with Gasteiger partial charge in [-0.15, -0.1) is 0 Å². The molecular weight excluding hydrogens is 212 g/mol. The van der Waals surface area contributed by atoms with Gasteiger partial charge in [0.1, 0.15) is 5.92 Å². The summed E-state index contributed by atoms with van der Waals surface area (Å²) in [5.74, 6) is -3.53. The van der Waals surface area contributed by atoms with E-state index in [1.165, 1.54) is 6.92 Å². The predicted octanol–water partition coefficient (Wildman–Crippen LogP) is 0.238. The van der Waals surface area contributed by atoms with Crippen LogP contribution in [0.5, 0.6) is 0 Å². The summed E-state index contributed by atoms with van der Waals surface area (Å²) in [5, 5.41) is 18.0. The third-order valence-corrected chi connectivity index (χ3v) is 2.58. The van der Waals surface area contributed by atoms with Crippen LogP contribution in [0.1, 0.15) is 20.8 Å². The van der Waals surface area contributed by atoms with Crippen molar-refractivity contribution in [2.24, 2.45) is 16.6 Å². The quantitative estimate of drug-likeness (QED) is 0.624. The molecule has 0 spiro atoms. The van der Waals surface area contributed by atoms with Crippen LogP contribution in [0, 0.1) is 5.92 Å². The van der Waals surface area contributed by atoms with Gasteiger partial charge in [0, 0.05) is 11.4 Å². The minimum absolute atomic E-state index is 0.141. The number of hydrogen-bond donors (Lipinski definition) is 3. The summed E-state index contributed by atoms with van der Waals surface area (Å²) in [7, 11) is 0. The highest BCUT2D eigenvalue weighted by molar-refractivity contribution is 6.20. The first-order valence-corrected chi connectivity index (χ1v) is 4.71. The largest absolute Gasteiger partial charge is 0.481 e. The van der Waals surface area contributed by atoms with Crippen molar-refractivity contribution in [3.05, 3.63) is 11.3 Å². The van der Waals surface area contributed by atoms with Crippen molar-refractivity contribution >= 4 is 17.7 Å². The summed E-state index contributed by atoms with van der Waals surface area (Å²) in [6.07, 6.45) is 0. The molecule has 0 aromatic rings. The van der Waals surface area contributed by atoms with Gasteiger partial charge >= 0.3 is 11.9 Å². The summed E-state index contributed by atoms with van der Waals surface area (Å²) in [5.41, 5.74) is 4.61. The molecule has 1 atom stereocenters. The van der Waals surface area contributed by atoms with E-state index in [0.29, 0.717) is 0 Å². The van der Waals surface area contributed by atoms with Gasteiger partial charge in [-0.2, -0.15) is 0 Å². The van der Waals surface area contributed by atoms with Crippen molar-refractivity contribution in [1.29, 1.82) is 0 Å². The van der Waals surface area contributed by atoms with Gasteiger partial charge in [0.25, 0.3) is 0 Å². The molecule has 0 amide bonds. The van der Waals surface area contributed by atoms with Crippen LogP contribution in [0.3, 0.4) is 0 Å². The molecule has 4 N–H and O–H groups in total. The Morgan fingerprint density at radius 3 is 2.25 bits per heavy atom. The van der Waals surface area contributed by atoms with E-state index in [-0.39, 0.29) is 17.0 Å². The molecular formula is C10H14N2O4. The number of carboxylic acids is 2. The van der Waals surface area contributed by atoms with Gasteiger partial charge in [-0.1, -0.05) is 0 Å². The van der Waals surface area contributed by atoms with Crippen molar-refractivity contribution in [2.75, 3.05) is 0 Å². The number of nitrogens with zero attached hydrogens (tertiary/aromatic N) is 1. The fourth-order valence-electron chi connectivity index (χ4n) is 2.00. The van der Waals surface area contributed by atoms with Crippen LogP contribution >= 0.6 is 0 Å². The zero-order chi connectivity index (χ0) is 12.7. The topological polar surface area (TPSA) is 113 Å². The normalized spacial score (nSPS) is 23.9. The van der Waals surface area contributed by atoms with Crippen LogP contribution in [0.15, 0.2) is 16.3 Å². The molecule has 0 fully saturated rings. The minimum atomic E-state index is -1.25. The average Bonchev–Trinajstić information content (AvgIpc) is 1.97. The Hall–Kier alpha value is -1.85. The smallest absolute Gasteiger partial charge is 0.339 e. The fourth-order valence-corrected chi connectivity index (χ4v) is 2.00. The number of carboxylic acid groups (broad SMARTS) is 2. The van der Waals surface area contributed by atoms with Gasteiger partial charge in [-0.05, 0) is 20.8 Å². The highest BCUT2D eigenvalue weighted by Crippen LogP contribution is 2.32. The summed E-state index contributed by atoms with van der Waals surface area (Å²) >= 11 is 0. The highest BCUT2D eigenvalue weighted by atomic mass is 16.4. The Kier molecular flexibility index (Phi) is 2.77. The molecule has 0 saturated carbocycles. The molecule has 0 saturated heterocycles. The van der Waals surface area contributed by atoms with E-state index in [4.69, 9.17) is 15.9 Å². The Labute approximate surface area is 92.5 Å². The molecule has 0 bridgehead atoms. The minimum Gasteiger partial charge on any atom is -0.481 e. The zero-order valence-corrected chi connectivity index (χ0v) is 9.31. The molecule has 0 aromatic carbocycles. The molecule has 1 aliphatic rings. The maximum atomic E-state index is 11.1. The molecule has 1 heterocycles. The van der Waals surface area contributed by atoms with E-state index >= 15 is 0 Å². The second kappa shape index (κ2) is 3.62. The maximum Gasteiger partial charge on any atom is 0.339 e. The summed E-state index contributed by atoms with van der Waals surface area (Å²) in [6.45, 7) is 4.73. The average molecular weight is 226 g/mol. The van der Waals surface area contributed by atoms with Crippen molar-refractivity contribution in [3.63, 3.8) is 0 Å². The van der Waals surface area contributed by atoms with E-state index in [9.17, 15) is 9.59 Å². The summed E-state index contributed by atoms with van der Waals surface area (Å²) in [6, 6.07) is 0. The number of aliphatic carboxylic acids is 2. The Bertz CT molecular complexity index is 421. The third-order valence-electron chi connectivity index (χ3n) is 2.58. The molecule has 6 nitrogen and oxygen atoms in total. The fraction of sp³-hybridized carbons (Fsp3) is 0.500. The van der Waals surface area contributed by atoms with E-state index in [1.54, 1.807) is 13.8 Å². The van der Waals surface area contributed by atoms with Crippen molar-refractivity contribution in [2.45, 2.75) is 26.3 Å². The number of carbonyl (C=O) groups is 2. The van der Waals surface area contributed by atoms with Gasteiger partial charge in [0.2, 0.25) is 0 Å². The number of nitrogens with two attached hydrogens (primary N) is 1. The highest BCUT2D eigenvalue weighted by Gasteiger charge is 2.43. The molecule has 0 aromatic heterocycles. The van der Waals surface area contributed by atoms with Crippen LogP contribution in [-0.2, 0) is 9.59 Å². The standard InChI is InChI=1S/C10H14N2O4/c1-4-5(8(13)14)7(11)6(9(15)16)10(2,3)12-4/h6H,11H2,1-3H3,(H,13,14)(H,15,16). The number of aliphatic imine (C=N–C) groups is 1. The zero-order valence-electron chi connectivity index (χ0n) is 9.31. The monoisotopic (exact) mass is 226 g/mol. The Morgan fingerprint density at radius 1 is 1.38 bits per heavy atom. The second-order valence-electron chi connectivity index (χ2n) is 4.26. The van der Waals surface area contributed by atoms with Gasteiger partial charge < -0.3 is 15.9 Å². The Balaban J connectivity index is 3.41. The summed E-state index contributed by atoms with van der Waals surface area (Å²) in [4.78, 5) is 26.1. The van der Waals surface area contributed by atoms with Gasteiger partial charge in [-0.25, -0.2) is 4.79 Å². The van der Waals surface area contributed by atoms with E-state index in [1.807, 2.05) is 0 Å². The lowest BCUT2D eigenvalue weighted by Gasteiger charge is -2.33. The first-order chi connectivity index (χ1) is 7.18. The second-order valence-corrected chi connectivity index (χ2v) is 4.26. The summed E-state index contributed by atoms with van der Waals surface area (Å²) < 4.78 is 0. The SMILES string of the molecule is CC1=NC(C)(C)C(C(=O)O)C(N)=C1C(=O)O. The van der Waals surface area contributed by atoms with Crippen LogP contribution in [0.4, 0.5) is 0 Å². The number of rotatable bonds is 2. The molecule has 6 heteroatoms. The molecule has 1 rings (SSSR count). The van der Waals surface area contributed by atoms with Crippen LogP contribution in [0.25, 0.3) is 0 Å². The lowest BCUT2D eigenvalue weighted by atomic mass is 9.80. The first kappa shape index (κ1) is 12.2. The lowest BCUT2D eigenvalue weighted by molar-refractivity contribution is -0.142. The van der Waals surface area contributed by atoms with E-state index < -0.39 is 23.4 Å². The van der Waals surface area contributed by atoms with Crippen LogP contribution in [0.2, 0.25) is 0 Å².